The third kappa shape index (κ3) is 4.05. The molecule has 1 aromatic rings. The summed E-state index contributed by atoms with van der Waals surface area (Å²) in [5, 5.41) is 11.8. The van der Waals surface area contributed by atoms with Crippen LogP contribution in [0.4, 0.5) is 5.69 Å². The van der Waals surface area contributed by atoms with Crippen LogP contribution in [0, 0.1) is 5.92 Å². The normalized spacial score (nSPS) is 26.2. The minimum Gasteiger partial charge on any atom is -0.396 e. The number of rotatable bonds is 4. The van der Waals surface area contributed by atoms with Gasteiger partial charge in [-0.15, -0.1) is 0 Å². The summed E-state index contributed by atoms with van der Waals surface area (Å²) in [6.07, 6.45) is 2.48. The highest BCUT2D eigenvalue weighted by atomic mass is 16.5. The van der Waals surface area contributed by atoms with Gasteiger partial charge in [-0.2, -0.15) is 0 Å². The fraction of sp³-hybridized carbons (Fsp3) is 0.562. The topological polar surface area (TPSA) is 58.6 Å². The number of aliphatic hydroxyl groups is 1. The SMILES string of the molecule is CC1CC(C(=O)Nc2ccc(CCO)cc2)CC(C)O1. The van der Waals surface area contributed by atoms with E-state index in [2.05, 4.69) is 5.32 Å². The van der Waals surface area contributed by atoms with Gasteiger partial charge >= 0.3 is 0 Å². The van der Waals surface area contributed by atoms with Crippen LogP contribution in [-0.2, 0) is 16.0 Å². The summed E-state index contributed by atoms with van der Waals surface area (Å²) in [7, 11) is 0. The van der Waals surface area contributed by atoms with Crippen LogP contribution in [0.5, 0.6) is 0 Å². The molecule has 1 aromatic carbocycles. The van der Waals surface area contributed by atoms with Crippen molar-refractivity contribution in [2.45, 2.75) is 45.3 Å². The largest absolute Gasteiger partial charge is 0.396 e. The molecular weight excluding hydrogens is 254 g/mol. The molecule has 20 heavy (non-hydrogen) atoms. The van der Waals surface area contributed by atoms with Crippen molar-refractivity contribution in [3.05, 3.63) is 29.8 Å². The van der Waals surface area contributed by atoms with Gasteiger partial charge in [0.25, 0.3) is 0 Å². The first-order valence-electron chi connectivity index (χ1n) is 7.24. The van der Waals surface area contributed by atoms with Crippen LogP contribution in [-0.4, -0.2) is 29.8 Å². The summed E-state index contributed by atoms with van der Waals surface area (Å²) < 4.78 is 5.66. The van der Waals surface area contributed by atoms with Crippen LogP contribution in [0.2, 0.25) is 0 Å². The van der Waals surface area contributed by atoms with E-state index < -0.39 is 0 Å². The number of carbonyl (C=O) groups is 1. The number of hydrogen-bond donors (Lipinski definition) is 2. The second-order valence-electron chi connectivity index (χ2n) is 5.59. The zero-order valence-electron chi connectivity index (χ0n) is 12.1. The molecule has 4 nitrogen and oxygen atoms in total. The van der Waals surface area contributed by atoms with Crippen molar-refractivity contribution in [1.29, 1.82) is 0 Å². The van der Waals surface area contributed by atoms with Crippen LogP contribution in [0.25, 0.3) is 0 Å². The summed E-state index contributed by atoms with van der Waals surface area (Å²) in [5.74, 6) is 0.0905. The fourth-order valence-electron chi connectivity index (χ4n) is 2.75. The number of nitrogens with one attached hydrogen (secondary N) is 1. The van der Waals surface area contributed by atoms with E-state index >= 15 is 0 Å². The van der Waals surface area contributed by atoms with Crippen LogP contribution < -0.4 is 5.32 Å². The van der Waals surface area contributed by atoms with Crippen molar-refractivity contribution < 1.29 is 14.6 Å². The van der Waals surface area contributed by atoms with E-state index in [0.717, 1.165) is 24.1 Å². The number of aliphatic hydroxyl groups excluding tert-OH is 1. The average Bonchev–Trinajstić information content (AvgIpc) is 2.40. The molecule has 1 saturated heterocycles. The summed E-state index contributed by atoms with van der Waals surface area (Å²) >= 11 is 0. The van der Waals surface area contributed by atoms with Crippen molar-refractivity contribution in [1.82, 2.24) is 0 Å². The Hall–Kier alpha value is -1.39. The highest BCUT2D eigenvalue weighted by Crippen LogP contribution is 2.26. The maximum absolute atomic E-state index is 12.3. The molecule has 0 aliphatic carbocycles. The monoisotopic (exact) mass is 277 g/mol. The summed E-state index contributed by atoms with van der Waals surface area (Å²) in [6.45, 7) is 4.17. The lowest BCUT2D eigenvalue weighted by Crippen LogP contribution is -2.36. The first-order chi connectivity index (χ1) is 9.58. The molecule has 0 radical (unpaired) electrons. The smallest absolute Gasteiger partial charge is 0.227 e. The maximum Gasteiger partial charge on any atom is 0.227 e. The molecule has 0 aromatic heterocycles. The fourth-order valence-corrected chi connectivity index (χ4v) is 2.75. The third-order valence-corrected chi connectivity index (χ3v) is 3.69. The van der Waals surface area contributed by atoms with E-state index in [0.29, 0.717) is 6.42 Å². The Morgan fingerprint density at radius 2 is 1.85 bits per heavy atom. The van der Waals surface area contributed by atoms with Crippen molar-refractivity contribution in [2.24, 2.45) is 5.92 Å². The van der Waals surface area contributed by atoms with Crippen LogP contribution >= 0.6 is 0 Å². The van der Waals surface area contributed by atoms with Gasteiger partial charge in [0.05, 0.1) is 12.2 Å². The molecule has 0 saturated carbocycles. The van der Waals surface area contributed by atoms with E-state index in [4.69, 9.17) is 9.84 Å². The standard InChI is InChI=1S/C16H23NO3/c1-11-9-14(10-12(2)20-11)16(19)17-15-5-3-13(4-6-15)7-8-18/h3-6,11-12,14,18H,7-10H2,1-2H3,(H,17,19). The lowest BCUT2D eigenvalue weighted by atomic mass is 9.92. The van der Waals surface area contributed by atoms with Gasteiger partial charge < -0.3 is 15.2 Å². The van der Waals surface area contributed by atoms with Gasteiger partial charge in [0.1, 0.15) is 0 Å². The molecule has 1 aliphatic rings. The molecule has 1 aliphatic heterocycles. The van der Waals surface area contributed by atoms with Crippen LogP contribution in [0.15, 0.2) is 24.3 Å². The molecular formula is C16H23NO3. The maximum atomic E-state index is 12.3. The summed E-state index contributed by atoms with van der Waals surface area (Å²) in [6, 6.07) is 7.63. The number of ether oxygens (including phenoxy) is 1. The molecule has 2 atom stereocenters. The van der Waals surface area contributed by atoms with Gasteiger partial charge in [-0.3, -0.25) is 4.79 Å². The molecule has 1 fully saturated rings. The Labute approximate surface area is 120 Å². The van der Waals surface area contributed by atoms with E-state index in [-0.39, 0.29) is 30.6 Å². The minimum atomic E-state index is 0.0193. The van der Waals surface area contributed by atoms with Crippen LogP contribution in [0.1, 0.15) is 32.3 Å². The second-order valence-corrected chi connectivity index (χ2v) is 5.59. The van der Waals surface area contributed by atoms with Crippen molar-refractivity contribution in [3.63, 3.8) is 0 Å². The van der Waals surface area contributed by atoms with E-state index in [1.807, 2.05) is 38.1 Å². The number of hydrogen-bond acceptors (Lipinski definition) is 3. The average molecular weight is 277 g/mol. The van der Waals surface area contributed by atoms with Gasteiger partial charge in [-0.05, 0) is 50.8 Å². The lowest BCUT2D eigenvalue weighted by Gasteiger charge is -2.31. The Balaban J connectivity index is 1.93. The van der Waals surface area contributed by atoms with Crippen molar-refractivity contribution in [3.8, 4) is 0 Å². The van der Waals surface area contributed by atoms with Crippen molar-refractivity contribution >= 4 is 11.6 Å². The molecule has 1 amide bonds. The zero-order valence-corrected chi connectivity index (χ0v) is 12.1. The molecule has 4 heteroatoms. The Kier molecular flexibility index (Phi) is 5.15. The second kappa shape index (κ2) is 6.86. The molecule has 2 unspecified atom stereocenters. The molecule has 1 heterocycles. The first-order valence-corrected chi connectivity index (χ1v) is 7.24. The predicted molar refractivity (Wildman–Crippen MR) is 78.6 cm³/mol. The predicted octanol–water partition coefficient (Wildman–Crippen LogP) is 2.36. The van der Waals surface area contributed by atoms with Gasteiger partial charge in [-0.25, -0.2) is 0 Å². The van der Waals surface area contributed by atoms with Crippen molar-refractivity contribution in [2.75, 3.05) is 11.9 Å². The number of benzene rings is 1. The third-order valence-electron chi connectivity index (χ3n) is 3.69. The van der Waals surface area contributed by atoms with E-state index in [1.165, 1.54) is 0 Å². The van der Waals surface area contributed by atoms with Gasteiger partial charge in [0, 0.05) is 18.2 Å². The van der Waals surface area contributed by atoms with Gasteiger partial charge in [0.2, 0.25) is 5.91 Å². The van der Waals surface area contributed by atoms with Crippen LogP contribution in [0.3, 0.4) is 0 Å². The highest BCUT2D eigenvalue weighted by molar-refractivity contribution is 5.92. The zero-order chi connectivity index (χ0) is 14.5. The van der Waals surface area contributed by atoms with Gasteiger partial charge in [0.15, 0.2) is 0 Å². The molecule has 0 bridgehead atoms. The number of carbonyl (C=O) groups excluding carboxylic acids is 1. The summed E-state index contributed by atoms with van der Waals surface area (Å²) in [5.41, 5.74) is 1.88. The van der Waals surface area contributed by atoms with Gasteiger partial charge in [-0.1, -0.05) is 12.1 Å². The number of anilines is 1. The molecule has 2 N–H and O–H groups in total. The van der Waals surface area contributed by atoms with E-state index in [1.54, 1.807) is 0 Å². The lowest BCUT2D eigenvalue weighted by molar-refractivity contribution is -0.127. The Morgan fingerprint density at radius 1 is 1.25 bits per heavy atom. The quantitative estimate of drug-likeness (QED) is 0.888. The highest BCUT2D eigenvalue weighted by Gasteiger charge is 2.29. The minimum absolute atomic E-state index is 0.0193. The molecule has 2 rings (SSSR count). The molecule has 0 spiro atoms. The Morgan fingerprint density at radius 3 is 2.40 bits per heavy atom. The number of amides is 1. The first kappa shape index (κ1) is 15.0. The summed E-state index contributed by atoms with van der Waals surface area (Å²) in [4.78, 5) is 12.3. The Bertz CT molecular complexity index is 434. The van der Waals surface area contributed by atoms with E-state index in [9.17, 15) is 4.79 Å². The molecule has 110 valence electrons.